The Labute approximate surface area is 137 Å². The van der Waals surface area contributed by atoms with Crippen LogP contribution in [0.2, 0.25) is 0 Å². The number of aliphatic hydroxyl groups excluding tert-OH is 1. The van der Waals surface area contributed by atoms with Crippen LogP contribution in [0.5, 0.6) is 0 Å². The van der Waals surface area contributed by atoms with Gasteiger partial charge < -0.3 is 15.3 Å². The lowest BCUT2D eigenvalue weighted by Gasteiger charge is -2.34. The molecule has 23 heavy (non-hydrogen) atoms. The summed E-state index contributed by atoms with van der Waals surface area (Å²) in [6.07, 6.45) is 5.44. The highest BCUT2D eigenvalue weighted by Crippen LogP contribution is 2.21. The third-order valence-corrected chi connectivity index (χ3v) is 4.10. The van der Waals surface area contributed by atoms with Crippen molar-refractivity contribution in [1.82, 2.24) is 4.90 Å². The maximum Gasteiger partial charge on any atom is 0.267 e. The Morgan fingerprint density at radius 3 is 2.83 bits per heavy atom. The largest absolute Gasteiger partial charge is 0.396 e. The lowest BCUT2D eigenvalue weighted by molar-refractivity contribution is -0.112. The second-order valence-electron chi connectivity index (χ2n) is 5.87. The smallest absolute Gasteiger partial charge is 0.267 e. The fraction of sp³-hybridized carbons (Fsp3) is 0.444. The van der Waals surface area contributed by atoms with Gasteiger partial charge in [-0.05, 0) is 44.7 Å². The van der Waals surface area contributed by atoms with Gasteiger partial charge in [0.05, 0.1) is 0 Å². The number of carbonyl (C=O) groups excluding carboxylic acids is 1. The number of nitrogens with zero attached hydrogens (tertiary/aromatic N) is 2. The molecule has 2 N–H and O–H groups in total. The molecule has 1 aromatic rings. The van der Waals surface area contributed by atoms with Crippen molar-refractivity contribution in [3.63, 3.8) is 0 Å². The molecule has 5 nitrogen and oxygen atoms in total. The van der Waals surface area contributed by atoms with E-state index in [0.717, 1.165) is 31.4 Å². The van der Waals surface area contributed by atoms with Crippen molar-refractivity contribution >= 4 is 11.6 Å². The molecular weight excluding hydrogens is 290 g/mol. The molecule has 1 aliphatic heterocycles. The summed E-state index contributed by atoms with van der Waals surface area (Å²) < 4.78 is 0. The number of aliphatic hydroxyl groups is 1. The molecule has 0 radical (unpaired) electrons. The lowest BCUT2D eigenvalue weighted by atomic mass is 10.00. The second kappa shape index (κ2) is 8.35. The van der Waals surface area contributed by atoms with Crippen LogP contribution in [0.25, 0.3) is 0 Å². The van der Waals surface area contributed by atoms with E-state index in [1.807, 2.05) is 42.2 Å². The van der Waals surface area contributed by atoms with Gasteiger partial charge in [-0.15, -0.1) is 0 Å². The number of aryl methyl sites for hydroxylation is 1. The molecule has 1 amide bonds. The highest BCUT2D eigenvalue weighted by molar-refractivity contribution is 6.06. The summed E-state index contributed by atoms with van der Waals surface area (Å²) in [5, 5.41) is 21.2. The Hall–Kier alpha value is -2.32. The van der Waals surface area contributed by atoms with Crippen LogP contribution in [0.3, 0.4) is 0 Å². The van der Waals surface area contributed by atoms with Gasteiger partial charge in [0.1, 0.15) is 11.6 Å². The van der Waals surface area contributed by atoms with Crippen molar-refractivity contribution in [2.45, 2.75) is 38.6 Å². The maximum atomic E-state index is 12.3. The van der Waals surface area contributed by atoms with Gasteiger partial charge in [-0.25, -0.2) is 0 Å². The molecule has 0 bridgehead atoms. The van der Waals surface area contributed by atoms with E-state index in [0.29, 0.717) is 12.1 Å². The van der Waals surface area contributed by atoms with Gasteiger partial charge in [0.15, 0.2) is 0 Å². The number of piperidine rings is 1. The summed E-state index contributed by atoms with van der Waals surface area (Å²) in [5.74, 6) is -0.398. The van der Waals surface area contributed by atoms with E-state index < -0.39 is 5.91 Å². The number of carbonyl (C=O) groups is 1. The van der Waals surface area contributed by atoms with E-state index in [9.17, 15) is 10.1 Å². The summed E-state index contributed by atoms with van der Waals surface area (Å²) in [4.78, 5) is 14.3. The van der Waals surface area contributed by atoms with Gasteiger partial charge in [0.2, 0.25) is 0 Å². The van der Waals surface area contributed by atoms with Crippen LogP contribution in [-0.2, 0) is 4.79 Å². The Morgan fingerprint density at radius 1 is 1.43 bits per heavy atom. The third-order valence-electron chi connectivity index (χ3n) is 4.10. The molecule has 0 aliphatic carbocycles. The summed E-state index contributed by atoms with van der Waals surface area (Å²) in [6.45, 7) is 2.91. The number of likely N-dealkylation sites (tertiary alicyclic amines) is 1. The number of rotatable bonds is 5. The van der Waals surface area contributed by atoms with Crippen molar-refractivity contribution in [2.75, 3.05) is 18.5 Å². The van der Waals surface area contributed by atoms with Crippen molar-refractivity contribution in [3.8, 4) is 6.07 Å². The Balaban J connectivity index is 2.09. The Kier molecular flexibility index (Phi) is 6.19. The monoisotopic (exact) mass is 313 g/mol. The number of nitriles is 1. The summed E-state index contributed by atoms with van der Waals surface area (Å²) in [5.41, 5.74) is 1.88. The fourth-order valence-corrected chi connectivity index (χ4v) is 2.79. The molecule has 0 saturated carbocycles. The van der Waals surface area contributed by atoms with Gasteiger partial charge in [0.25, 0.3) is 5.91 Å². The lowest BCUT2D eigenvalue weighted by Crippen LogP contribution is -2.37. The second-order valence-corrected chi connectivity index (χ2v) is 5.87. The molecule has 1 aliphatic rings. The molecule has 1 atom stereocenters. The average Bonchev–Trinajstić information content (AvgIpc) is 2.56. The van der Waals surface area contributed by atoms with E-state index in [1.54, 1.807) is 6.20 Å². The predicted molar refractivity (Wildman–Crippen MR) is 89.6 cm³/mol. The molecule has 2 rings (SSSR count). The number of amides is 1. The number of hydrogen-bond acceptors (Lipinski definition) is 4. The first-order valence-electron chi connectivity index (χ1n) is 8.00. The Morgan fingerprint density at radius 2 is 2.17 bits per heavy atom. The molecule has 5 heteroatoms. The molecule has 1 aromatic carbocycles. The van der Waals surface area contributed by atoms with E-state index in [4.69, 9.17) is 5.11 Å². The van der Waals surface area contributed by atoms with Gasteiger partial charge in [-0.1, -0.05) is 17.7 Å². The average molecular weight is 313 g/mol. The zero-order valence-electron chi connectivity index (χ0n) is 13.5. The first-order chi connectivity index (χ1) is 11.1. The van der Waals surface area contributed by atoms with Crippen molar-refractivity contribution in [1.29, 1.82) is 5.26 Å². The van der Waals surface area contributed by atoms with Gasteiger partial charge in [-0.2, -0.15) is 5.26 Å². The van der Waals surface area contributed by atoms with Gasteiger partial charge in [-0.3, -0.25) is 4.79 Å². The van der Waals surface area contributed by atoms with Crippen LogP contribution >= 0.6 is 0 Å². The molecule has 0 aromatic heterocycles. The van der Waals surface area contributed by atoms with Gasteiger partial charge in [0, 0.05) is 31.1 Å². The minimum atomic E-state index is -0.398. The zero-order valence-corrected chi connectivity index (χ0v) is 13.5. The molecule has 1 unspecified atom stereocenters. The maximum absolute atomic E-state index is 12.3. The molecule has 1 fully saturated rings. The Bertz CT molecular complexity index is 600. The normalized spacial score (nSPS) is 18.4. The molecular formula is C18H23N3O2. The van der Waals surface area contributed by atoms with Crippen molar-refractivity contribution < 1.29 is 9.90 Å². The van der Waals surface area contributed by atoms with Crippen LogP contribution in [-0.4, -0.2) is 35.1 Å². The topological polar surface area (TPSA) is 76.4 Å². The molecule has 1 heterocycles. The highest BCUT2D eigenvalue weighted by atomic mass is 16.3. The van der Waals surface area contributed by atoms with Crippen LogP contribution in [0, 0.1) is 18.3 Å². The van der Waals surface area contributed by atoms with E-state index in [-0.39, 0.29) is 18.2 Å². The quantitative estimate of drug-likeness (QED) is 0.647. The zero-order chi connectivity index (χ0) is 16.7. The minimum Gasteiger partial charge on any atom is -0.396 e. The van der Waals surface area contributed by atoms with Crippen molar-refractivity contribution in [3.05, 3.63) is 41.6 Å². The van der Waals surface area contributed by atoms with Crippen molar-refractivity contribution in [2.24, 2.45) is 0 Å². The summed E-state index contributed by atoms with van der Waals surface area (Å²) in [6, 6.07) is 9.64. The third kappa shape index (κ3) is 4.83. The van der Waals surface area contributed by atoms with Crippen LogP contribution in [0.15, 0.2) is 36.0 Å². The summed E-state index contributed by atoms with van der Waals surface area (Å²) >= 11 is 0. The van der Waals surface area contributed by atoms with Crippen LogP contribution in [0.1, 0.15) is 31.2 Å². The SMILES string of the molecule is Cc1ccc(NC(=O)/C(C#N)=C\N2CCCCC2CCO)cc1. The number of anilines is 1. The number of hydrogen-bond donors (Lipinski definition) is 2. The summed E-state index contributed by atoms with van der Waals surface area (Å²) in [7, 11) is 0. The molecule has 0 spiro atoms. The highest BCUT2D eigenvalue weighted by Gasteiger charge is 2.21. The fourth-order valence-electron chi connectivity index (χ4n) is 2.79. The van der Waals surface area contributed by atoms with Gasteiger partial charge >= 0.3 is 0 Å². The van der Waals surface area contributed by atoms with E-state index in [2.05, 4.69) is 5.32 Å². The number of benzene rings is 1. The minimum absolute atomic E-state index is 0.0930. The first kappa shape index (κ1) is 17.0. The molecule has 122 valence electrons. The van der Waals surface area contributed by atoms with Crippen LogP contribution < -0.4 is 5.32 Å². The predicted octanol–water partition coefficient (Wildman–Crippen LogP) is 2.58. The molecule has 1 saturated heterocycles. The standard InChI is InChI=1S/C18H23N3O2/c1-14-5-7-16(8-6-14)20-18(23)15(12-19)13-21-10-3-2-4-17(21)9-11-22/h5-8,13,17,22H,2-4,9-11H2,1H3,(H,20,23)/b15-13-. The number of nitrogens with one attached hydrogen (secondary N) is 1. The van der Waals surface area contributed by atoms with Crippen LogP contribution in [0.4, 0.5) is 5.69 Å². The van der Waals surface area contributed by atoms with E-state index in [1.165, 1.54) is 0 Å². The first-order valence-corrected chi connectivity index (χ1v) is 8.00. The van der Waals surface area contributed by atoms with E-state index >= 15 is 0 Å².